The molecular weight excluding hydrogens is 575 g/mol. The number of carbonyl (C=O) groups is 2. The summed E-state index contributed by atoms with van der Waals surface area (Å²) >= 11 is 12.6. The molecule has 1 unspecified atom stereocenters. The number of hydrogen-bond donors (Lipinski definition) is 0. The number of fused-ring (bicyclic) bond motifs is 1. The zero-order valence-electron chi connectivity index (χ0n) is 25.4. The summed E-state index contributed by atoms with van der Waals surface area (Å²) < 4.78 is 12.0. The van der Waals surface area contributed by atoms with E-state index in [4.69, 9.17) is 32.7 Å². The Kier molecular flexibility index (Phi) is 11.3. The molecule has 10 heteroatoms. The molecule has 0 bridgehead atoms. The number of hydrogen-bond acceptors (Lipinski definition) is 6. The first-order valence-corrected chi connectivity index (χ1v) is 15.7. The highest BCUT2D eigenvalue weighted by molar-refractivity contribution is 6.43. The van der Waals surface area contributed by atoms with Gasteiger partial charge in [-0.25, -0.2) is 4.79 Å². The molecule has 2 aliphatic heterocycles. The van der Waals surface area contributed by atoms with Crippen molar-refractivity contribution in [1.29, 1.82) is 0 Å². The fraction of sp³-hybridized carbons (Fsp3) is 0.562. The second kappa shape index (κ2) is 14.7. The van der Waals surface area contributed by atoms with Crippen molar-refractivity contribution in [2.45, 2.75) is 65.6 Å². The third kappa shape index (κ3) is 7.82. The van der Waals surface area contributed by atoms with Crippen LogP contribution in [0.1, 0.15) is 52.5 Å². The quantitative estimate of drug-likeness (QED) is 0.261. The average Bonchev–Trinajstić information content (AvgIpc) is 2.97. The van der Waals surface area contributed by atoms with E-state index in [2.05, 4.69) is 9.80 Å². The van der Waals surface area contributed by atoms with Crippen LogP contribution in [0.15, 0.2) is 36.4 Å². The fourth-order valence-corrected chi connectivity index (χ4v) is 5.72. The van der Waals surface area contributed by atoms with Gasteiger partial charge >= 0.3 is 6.09 Å². The van der Waals surface area contributed by atoms with E-state index < -0.39 is 12.3 Å². The van der Waals surface area contributed by atoms with Gasteiger partial charge in [-0.05, 0) is 63.4 Å². The second-order valence-corrected chi connectivity index (χ2v) is 12.5. The molecule has 2 amide bonds. The zero-order chi connectivity index (χ0) is 30.4. The predicted molar refractivity (Wildman–Crippen MR) is 170 cm³/mol. The van der Waals surface area contributed by atoms with Gasteiger partial charge in [-0.1, -0.05) is 49.2 Å². The maximum atomic E-state index is 13.1. The lowest BCUT2D eigenvalue weighted by Crippen LogP contribution is -2.50. The Morgan fingerprint density at radius 3 is 2.40 bits per heavy atom. The summed E-state index contributed by atoms with van der Waals surface area (Å²) in [5.41, 5.74) is 2.82. The summed E-state index contributed by atoms with van der Waals surface area (Å²) in [6, 6.07) is 11.7. The molecule has 0 saturated carbocycles. The van der Waals surface area contributed by atoms with Crippen LogP contribution in [-0.4, -0.2) is 80.4 Å². The molecule has 2 aromatic rings. The highest BCUT2D eigenvalue weighted by Crippen LogP contribution is 2.35. The van der Waals surface area contributed by atoms with Crippen molar-refractivity contribution in [3.05, 3.63) is 52.0 Å². The summed E-state index contributed by atoms with van der Waals surface area (Å²) in [6.45, 7) is 13.2. The highest BCUT2D eigenvalue weighted by atomic mass is 35.5. The van der Waals surface area contributed by atoms with Crippen molar-refractivity contribution in [1.82, 2.24) is 9.80 Å². The van der Waals surface area contributed by atoms with Gasteiger partial charge in [0.1, 0.15) is 5.75 Å². The summed E-state index contributed by atoms with van der Waals surface area (Å²) in [7, 11) is 1.71. The molecule has 0 spiro atoms. The van der Waals surface area contributed by atoms with Crippen molar-refractivity contribution in [3.8, 4) is 5.75 Å². The topological polar surface area (TPSA) is 65.6 Å². The lowest BCUT2D eigenvalue weighted by atomic mass is 9.98. The Balaban J connectivity index is 1.29. The lowest BCUT2D eigenvalue weighted by Gasteiger charge is -2.38. The van der Waals surface area contributed by atoms with Crippen molar-refractivity contribution in [2.75, 3.05) is 56.2 Å². The van der Waals surface area contributed by atoms with Gasteiger partial charge in [0.05, 0.1) is 28.0 Å². The standard InChI is InChI=1S/C32H44Cl2N4O4/c1-22(2)31(42-32(40)35(5)23(3)4)38-28-21-25(13-11-24(28)12-14-29(38)39)41-20-7-6-15-36-16-18-37(19-17-36)27-10-8-9-26(33)30(27)34/h8-11,13,21-23,31H,6-7,12,14-20H2,1-5H3. The van der Waals surface area contributed by atoms with Gasteiger partial charge in [0, 0.05) is 57.7 Å². The molecule has 0 radical (unpaired) electrons. The molecule has 1 atom stereocenters. The smallest absolute Gasteiger partial charge is 0.411 e. The van der Waals surface area contributed by atoms with E-state index in [1.54, 1.807) is 16.8 Å². The molecule has 2 aromatic carbocycles. The maximum Gasteiger partial charge on any atom is 0.411 e. The number of amides is 2. The van der Waals surface area contributed by atoms with Crippen molar-refractivity contribution in [3.63, 3.8) is 0 Å². The number of benzene rings is 2. The van der Waals surface area contributed by atoms with Gasteiger partial charge in [-0.3, -0.25) is 14.6 Å². The van der Waals surface area contributed by atoms with Crippen LogP contribution in [0.3, 0.4) is 0 Å². The summed E-state index contributed by atoms with van der Waals surface area (Å²) in [4.78, 5) is 33.9. The molecule has 230 valence electrons. The van der Waals surface area contributed by atoms with E-state index in [0.717, 1.165) is 62.5 Å². The van der Waals surface area contributed by atoms with Crippen LogP contribution in [0.25, 0.3) is 0 Å². The minimum atomic E-state index is -0.698. The van der Waals surface area contributed by atoms with Gasteiger partial charge < -0.3 is 19.3 Å². The minimum absolute atomic E-state index is 0.00716. The normalized spacial score (nSPS) is 16.5. The Morgan fingerprint density at radius 2 is 1.71 bits per heavy atom. The number of anilines is 2. The van der Waals surface area contributed by atoms with Crippen molar-refractivity contribution < 1.29 is 19.1 Å². The lowest BCUT2D eigenvalue weighted by molar-refractivity contribution is -0.121. The average molecular weight is 620 g/mol. The van der Waals surface area contributed by atoms with Crippen LogP contribution in [0.4, 0.5) is 16.2 Å². The first-order valence-electron chi connectivity index (χ1n) is 15.0. The highest BCUT2D eigenvalue weighted by Gasteiger charge is 2.36. The van der Waals surface area contributed by atoms with Gasteiger partial charge in [0.15, 0.2) is 6.23 Å². The van der Waals surface area contributed by atoms with Crippen LogP contribution < -0.4 is 14.5 Å². The first kappa shape index (κ1) is 32.2. The first-order chi connectivity index (χ1) is 20.1. The molecule has 0 aliphatic carbocycles. The molecule has 1 fully saturated rings. The number of aryl methyl sites for hydroxylation is 1. The third-order valence-corrected chi connectivity index (χ3v) is 8.89. The predicted octanol–water partition coefficient (Wildman–Crippen LogP) is 6.71. The molecule has 0 N–H and O–H groups in total. The van der Waals surface area contributed by atoms with Gasteiger partial charge in [0.2, 0.25) is 5.91 Å². The molecule has 42 heavy (non-hydrogen) atoms. The Bertz CT molecular complexity index is 1230. The van der Waals surface area contributed by atoms with Gasteiger partial charge in [0.25, 0.3) is 0 Å². The van der Waals surface area contributed by atoms with E-state index in [9.17, 15) is 9.59 Å². The van der Waals surface area contributed by atoms with E-state index in [1.165, 1.54) is 0 Å². The van der Waals surface area contributed by atoms with Crippen LogP contribution in [-0.2, 0) is 16.0 Å². The van der Waals surface area contributed by atoms with Crippen LogP contribution in [0.2, 0.25) is 10.0 Å². The largest absolute Gasteiger partial charge is 0.494 e. The van der Waals surface area contributed by atoms with E-state index in [0.29, 0.717) is 35.2 Å². The monoisotopic (exact) mass is 618 g/mol. The molecule has 0 aromatic heterocycles. The van der Waals surface area contributed by atoms with E-state index in [1.807, 2.05) is 64.1 Å². The van der Waals surface area contributed by atoms with Crippen molar-refractivity contribution >= 4 is 46.6 Å². The zero-order valence-corrected chi connectivity index (χ0v) is 27.0. The van der Waals surface area contributed by atoms with Gasteiger partial charge in [-0.2, -0.15) is 0 Å². The number of ether oxygens (including phenoxy) is 2. The molecule has 8 nitrogen and oxygen atoms in total. The van der Waals surface area contributed by atoms with Gasteiger partial charge in [-0.15, -0.1) is 0 Å². The number of carbonyl (C=O) groups excluding carboxylic acids is 2. The minimum Gasteiger partial charge on any atom is -0.494 e. The molecule has 1 saturated heterocycles. The molecule has 4 rings (SSSR count). The maximum absolute atomic E-state index is 13.1. The Labute approximate surface area is 260 Å². The molecular formula is C32H44Cl2N4O4. The van der Waals surface area contributed by atoms with Crippen LogP contribution in [0, 0.1) is 5.92 Å². The molecule has 2 heterocycles. The van der Waals surface area contributed by atoms with Crippen LogP contribution in [0.5, 0.6) is 5.75 Å². The molecule has 2 aliphatic rings. The number of rotatable bonds is 11. The fourth-order valence-electron chi connectivity index (χ4n) is 5.31. The third-order valence-electron chi connectivity index (χ3n) is 8.08. The van der Waals surface area contributed by atoms with Crippen LogP contribution >= 0.6 is 23.2 Å². The van der Waals surface area contributed by atoms with Crippen molar-refractivity contribution in [2.24, 2.45) is 5.92 Å². The SMILES string of the molecule is CC(C)C(OC(=O)N(C)C(C)C)N1C(=O)CCc2ccc(OCCCCN3CCN(c4cccc(Cl)c4Cl)CC3)cc21. The Hall–Kier alpha value is -2.68. The summed E-state index contributed by atoms with van der Waals surface area (Å²) in [5, 5.41) is 1.21. The number of unbranched alkanes of at least 4 members (excludes halogenated alkanes) is 1. The van der Waals surface area contributed by atoms with E-state index >= 15 is 0 Å². The van der Waals surface area contributed by atoms with E-state index in [-0.39, 0.29) is 17.9 Å². The number of nitrogens with zero attached hydrogens (tertiary/aromatic N) is 4. The summed E-state index contributed by atoms with van der Waals surface area (Å²) in [6.07, 6.45) is 1.86. The second-order valence-electron chi connectivity index (χ2n) is 11.7. The summed E-state index contributed by atoms with van der Waals surface area (Å²) in [5.74, 6) is 0.586. The number of piperazine rings is 1. The number of halogens is 2. The Morgan fingerprint density at radius 1 is 0.976 bits per heavy atom.